The summed E-state index contributed by atoms with van der Waals surface area (Å²) >= 11 is 0. The molecule has 1 amide bonds. The van der Waals surface area contributed by atoms with Gasteiger partial charge in [-0.15, -0.1) is 0 Å². The van der Waals surface area contributed by atoms with Gasteiger partial charge in [0.2, 0.25) is 0 Å². The van der Waals surface area contributed by atoms with Crippen molar-refractivity contribution in [2.24, 2.45) is 0 Å². The Balaban J connectivity index is 2.70. The summed E-state index contributed by atoms with van der Waals surface area (Å²) in [4.78, 5) is 24.0. The molecule has 24 heavy (non-hydrogen) atoms. The van der Waals surface area contributed by atoms with Crippen molar-refractivity contribution >= 4 is 18.1 Å². The summed E-state index contributed by atoms with van der Waals surface area (Å²) in [6, 6.07) is 8.85. The summed E-state index contributed by atoms with van der Waals surface area (Å²) in [6.07, 6.45) is 4.81. The van der Waals surface area contributed by atoms with Crippen molar-refractivity contribution in [3.63, 3.8) is 0 Å². The average molecular weight is 331 g/mol. The zero-order valence-electron chi connectivity index (χ0n) is 14.5. The fourth-order valence-corrected chi connectivity index (χ4v) is 1.81. The molecule has 0 aliphatic rings. The minimum Gasteiger partial charge on any atom is -0.460 e. The van der Waals surface area contributed by atoms with E-state index >= 15 is 0 Å². The summed E-state index contributed by atoms with van der Waals surface area (Å²) in [5.41, 5.74) is 0.368. The number of ether oxygens (including phenoxy) is 2. The zero-order valence-corrected chi connectivity index (χ0v) is 14.5. The van der Waals surface area contributed by atoms with Gasteiger partial charge < -0.3 is 14.8 Å². The van der Waals surface area contributed by atoms with Crippen LogP contribution in [0.25, 0.3) is 6.08 Å². The molecule has 5 nitrogen and oxygen atoms in total. The molecule has 5 heteroatoms. The van der Waals surface area contributed by atoms with Crippen LogP contribution in [-0.4, -0.2) is 30.3 Å². The van der Waals surface area contributed by atoms with Gasteiger partial charge in [0.1, 0.15) is 18.2 Å². The van der Waals surface area contributed by atoms with Crippen molar-refractivity contribution in [2.45, 2.75) is 38.8 Å². The van der Waals surface area contributed by atoms with Gasteiger partial charge in [-0.1, -0.05) is 55.1 Å². The third-order valence-corrected chi connectivity index (χ3v) is 2.80. The molecule has 1 rings (SSSR count). The quantitative estimate of drug-likeness (QED) is 0.611. The second-order valence-corrected chi connectivity index (χ2v) is 6.17. The van der Waals surface area contributed by atoms with Crippen molar-refractivity contribution in [3.05, 3.63) is 54.6 Å². The molecule has 130 valence electrons. The van der Waals surface area contributed by atoms with E-state index in [1.807, 2.05) is 42.5 Å². The van der Waals surface area contributed by atoms with Crippen LogP contribution in [0, 0.1) is 0 Å². The normalized spacial score (nSPS) is 12.5. The van der Waals surface area contributed by atoms with E-state index in [1.54, 1.807) is 20.8 Å². The number of amides is 1. The van der Waals surface area contributed by atoms with Crippen molar-refractivity contribution in [1.82, 2.24) is 5.32 Å². The monoisotopic (exact) mass is 331 g/mol. The van der Waals surface area contributed by atoms with Crippen molar-refractivity contribution in [1.29, 1.82) is 0 Å². The first kappa shape index (κ1) is 19.5. The average Bonchev–Trinajstić information content (AvgIpc) is 2.51. The summed E-state index contributed by atoms with van der Waals surface area (Å²) < 4.78 is 10.2. The Morgan fingerprint density at radius 3 is 2.50 bits per heavy atom. The first-order valence-electron chi connectivity index (χ1n) is 7.80. The minimum absolute atomic E-state index is 0.0910. The molecule has 0 bridgehead atoms. The van der Waals surface area contributed by atoms with Gasteiger partial charge in [0, 0.05) is 0 Å². The van der Waals surface area contributed by atoms with E-state index in [1.165, 1.54) is 6.08 Å². The van der Waals surface area contributed by atoms with Gasteiger partial charge >= 0.3 is 12.1 Å². The number of hydrogen-bond donors (Lipinski definition) is 1. The van der Waals surface area contributed by atoms with Gasteiger partial charge in [0.25, 0.3) is 0 Å². The number of nitrogens with one attached hydrogen (secondary N) is 1. The highest BCUT2D eigenvalue weighted by Crippen LogP contribution is 2.09. The van der Waals surface area contributed by atoms with E-state index in [-0.39, 0.29) is 6.61 Å². The zero-order chi connectivity index (χ0) is 18.0. The van der Waals surface area contributed by atoms with Crippen molar-refractivity contribution in [3.8, 4) is 0 Å². The Morgan fingerprint density at radius 2 is 1.92 bits per heavy atom. The first-order chi connectivity index (χ1) is 11.3. The van der Waals surface area contributed by atoms with Gasteiger partial charge in [-0.25, -0.2) is 9.59 Å². The molecule has 0 saturated heterocycles. The van der Waals surface area contributed by atoms with Crippen LogP contribution in [0.2, 0.25) is 0 Å². The molecule has 1 N–H and O–H groups in total. The minimum atomic E-state index is -0.820. The predicted molar refractivity (Wildman–Crippen MR) is 94.4 cm³/mol. The molecule has 0 radical (unpaired) electrons. The topological polar surface area (TPSA) is 64.6 Å². The lowest BCUT2D eigenvalue weighted by Crippen LogP contribution is -2.44. The number of esters is 1. The van der Waals surface area contributed by atoms with E-state index < -0.39 is 23.7 Å². The molecule has 1 aromatic rings. The third kappa shape index (κ3) is 8.17. The lowest BCUT2D eigenvalue weighted by atomic mass is 10.1. The maximum atomic E-state index is 12.1. The van der Waals surface area contributed by atoms with E-state index in [9.17, 15) is 9.59 Å². The second-order valence-electron chi connectivity index (χ2n) is 6.17. The number of alkyl carbamates (subject to hydrolysis) is 1. The standard InChI is InChI=1S/C19H25NO4/c1-5-14-23-17(21)16(20-18(22)24-19(2,3)4)13-9-12-15-10-7-6-8-11-15/h5-12,16H,1,13-14H2,2-4H3,(H,20,22). The molecule has 1 atom stereocenters. The lowest BCUT2D eigenvalue weighted by Gasteiger charge is -2.22. The molecule has 0 heterocycles. The molecule has 1 aromatic carbocycles. The number of benzene rings is 1. The molecular weight excluding hydrogens is 306 g/mol. The highest BCUT2D eigenvalue weighted by molar-refractivity contribution is 5.81. The molecule has 0 saturated carbocycles. The van der Waals surface area contributed by atoms with Crippen LogP contribution in [-0.2, 0) is 14.3 Å². The van der Waals surface area contributed by atoms with Crippen LogP contribution in [0.5, 0.6) is 0 Å². The summed E-state index contributed by atoms with van der Waals surface area (Å²) in [6.45, 7) is 8.86. The number of hydrogen-bond acceptors (Lipinski definition) is 4. The van der Waals surface area contributed by atoms with Crippen LogP contribution in [0.1, 0.15) is 32.8 Å². The van der Waals surface area contributed by atoms with Crippen LogP contribution in [0.15, 0.2) is 49.1 Å². The second kappa shape index (κ2) is 9.55. The van der Waals surface area contributed by atoms with E-state index in [0.29, 0.717) is 6.42 Å². The van der Waals surface area contributed by atoms with Gasteiger partial charge in [0.05, 0.1) is 0 Å². The molecule has 0 aliphatic carbocycles. The summed E-state index contributed by atoms with van der Waals surface area (Å²) in [5.74, 6) is -0.529. The summed E-state index contributed by atoms with van der Waals surface area (Å²) in [7, 11) is 0. The molecule has 1 unspecified atom stereocenters. The Bertz CT molecular complexity index is 573. The smallest absolute Gasteiger partial charge is 0.408 e. The Hall–Kier alpha value is -2.56. The van der Waals surface area contributed by atoms with Crippen molar-refractivity contribution < 1.29 is 19.1 Å². The van der Waals surface area contributed by atoms with Crippen molar-refractivity contribution in [2.75, 3.05) is 6.61 Å². The van der Waals surface area contributed by atoms with Crippen LogP contribution in [0.4, 0.5) is 4.79 Å². The van der Waals surface area contributed by atoms with Gasteiger partial charge in [-0.05, 0) is 32.8 Å². The number of carbonyl (C=O) groups is 2. The highest BCUT2D eigenvalue weighted by Gasteiger charge is 2.24. The van der Waals surface area contributed by atoms with Gasteiger partial charge in [0.15, 0.2) is 0 Å². The molecule has 0 aromatic heterocycles. The highest BCUT2D eigenvalue weighted by atomic mass is 16.6. The fourth-order valence-electron chi connectivity index (χ4n) is 1.81. The number of rotatable bonds is 7. The first-order valence-corrected chi connectivity index (χ1v) is 7.80. The Labute approximate surface area is 143 Å². The maximum absolute atomic E-state index is 12.1. The maximum Gasteiger partial charge on any atom is 0.408 e. The molecular formula is C19H25NO4. The van der Waals surface area contributed by atoms with E-state index in [0.717, 1.165) is 5.56 Å². The molecule has 0 aliphatic heterocycles. The van der Waals surface area contributed by atoms with E-state index in [2.05, 4.69) is 11.9 Å². The third-order valence-electron chi connectivity index (χ3n) is 2.80. The largest absolute Gasteiger partial charge is 0.460 e. The van der Waals surface area contributed by atoms with E-state index in [4.69, 9.17) is 9.47 Å². The SMILES string of the molecule is C=CCOC(=O)C(CC=Cc1ccccc1)NC(=O)OC(C)(C)C. The predicted octanol–water partition coefficient (Wildman–Crippen LogP) is 3.71. The molecule has 0 spiro atoms. The molecule has 0 fully saturated rings. The van der Waals surface area contributed by atoms with Gasteiger partial charge in [-0.3, -0.25) is 0 Å². The van der Waals surface area contributed by atoms with Crippen LogP contribution in [0.3, 0.4) is 0 Å². The fraction of sp³-hybridized carbons (Fsp3) is 0.368. The van der Waals surface area contributed by atoms with Crippen LogP contribution >= 0.6 is 0 Å². The number of carbonyl (C=O) groups excluding carboxylic acids is 2. The Kier molecular flexibility index (Phi) is 7.75. The lowest BCUT2D eigenvalue weighted by molar-refractivity contribution is -0.144. The van der Waals surface area contributed by atoms with Crippen LogP contribution < -0.4 is 5.32 Å². The summed E-state index contributed by atoms with van der Waals surface area (Å²) in [5, 5.41) is 2.55. The van der Waals surface area contributed by atoms with Gasteiger partial charge in [-0.2, -0.15) is 0 Å². The Morgan fingerprint density at radius 1 is 1.25 bits per heavy atom.